The highest BCUT2D eigenvalue weighted by atomic mass is 35.5. The minimum atomic E-state index is -4.01. The molecule has 0 fully saturated rings. The first kappa shape index (κ1) is 20.0. The molecule has 0 saturated heterocycles. The average Bonchev–Trinajstić information content (AvgIpc) is 3.24. The maximum Gasteiger partial charge on any atom is 0.420 e. The number of aryl methyl sites for hydroxylation is 1. The van der Waals surface area contributed by atoms with Crippen LogP contribution in [0.2, 0.25) is 5.02 Å². The van der Waals surface area contributed by atoms with Crippen molar-refractivity contribution in [2.75, 3.05) is 11.8 Å². The molecule has 4 rings (SSSR count). The van der Waals surface area contributed by atoms with Gasteiger partial charge < -0.3 is 13.7 Å². The molecule has 0 unspecified atom stereocenters. The molecule has 12 heteroatoms. The van der Waals surface area contributed by atoms with Crippen LogP contribution < -0.4 is 15.2 Å². The van der Waals surface area contributed by atoms with Crippen LogP contribution in [0.1, 0.15) is 11.7 Å². The lowest BCUT2D eigenvalue weighted by molar-refractivity contribution is 0.385. The molecule has 0 aliphatic carbocycles. The number of hydrogen-bond donors (Lipinski definition) is 1. The Labute approximate surface area is 175 Å². The van der Waals surface area contributed by atoms with Gasteiger partial charge in [0.1, 0.15) is 5.75 Å². The summed E-state index contributed by atoms with van der Waals surface area (Å²) < 4.78 is 44.7. The Morgan fingerprint density at radius 1 is 1.23 bits per heavy atom. The van der Waals surface area contributed by atoms with E-state index in [1.807, 2.05) is 0 Å². The normalized spacial score (nSPS) is 11.7. The Balaban J connectivity index is 1.70. The van der Waals surface area contributed by atoms with Gasteiger partial charge in [-0.25, -0.2) is 13.2 Å². The largest absolute Gasteiger partial charge is 0.495 e. The van der Waals surface area contributed by atoms with E-state index < -0.39 is 15.8 Å². The first-order chi connectivity index (χ1) is 14.3. The quantitative estimate of drug-likeness (QED) is 0.474. The summed E-state index contributed by atoms with van der Waals surface area (Å²) in [5.74, 6) is 0.286. The fraction of sp³-hybridized carbons (Fsp3) is 0.167. The first-order valence-electron chi connectivity index (χ1n) is 8.56. The Kier molecular flexibility index (Phi) is 5.00. The minimum Gasteiger partial charge on any atom is -0.495 e. The number of nitrogens with zero attached hydrogens (tertiary/aromatic N) is 3. The molecule has 2 aromatic heterocycles. The van der Waals surface area contributed by atoms with Gasteiger partial charge in [-0.05, 0) is 30.3 Å². The van der Waals surface area contributed by atoms with Crippen LogP contribution >= 0.6 is 11.6 Å². The third-order valence-electron chi connectivity index (χ3n) is 4.23. The number of benzene rings is 2. The van der Waals surface area contributed by atoms with E-state index >= 15 is 0 Å². The predicted octanol–water partition coefficient (Wildman–Crippen LogP) is 2.80. The van der Waals surface area contributed by atoms with Crippen LogP contribution in [0.4, 0.5) is 5.69 Å². The zero-order chi connectivity index (χ0) is 21.5. The number of nitrogens with one attached hydrogen (secondary N) is 1. The number of sulfonamides is 1. The average molecular weight is 451 g/mol. The lowest BCUT2D eigenvalue weighted by Crippen LogP contribution is -2.16. The molecular formula is C18H15ClN4O6S. The highest BCUT2D eigenvalue weighted by Gasteiger charge is 2.20. The van der Waals surface area contributed by atoms with Crippen LogP contribution in [0.3, 0.4) is 0 Å². The number of oxazole rings is 1. The zero-order valence-electron chi connectivity index (χ0n) is 15.7. The summed E-state index contributed by atoms with van der Waals surface area (Å²) in [5, 5.41) is 4.09. The van der Waals surface area contributed by atoms with Gasteiger partial charge in [-0.2, -0.15) is 4.98 Å². The van der Waals surface area contributed by atoms with Crippen LogP contribution in [-0.4, -0.2) is 30.2 Å². The van der Waals surface area contributed by atoms with Crippen molar-refractivity contribution >= 4 is 38.4 Å². The van der Waals surface area contributed by atoms with E-state index in [2.05, 4.69) is 14.9 Å². The molecule has 0 atom stereocenters. The van der Waals surface area contributed by atoms with Crippen molar-refractivity contribution in [1.29, 1.82) is 0 Å². The summed E-state index contributed by atoms with van der Waals surface area (Å²) in [5.41, 5.74) is 0.666. The number of rotatable bonds is 6. The SMILES string of the molecule is COc1ccc(Cl)cc1NS(=O)(=O)c1ccc2c(c1)oc(=O)n2Cc1noc(C)n1. The van der Waals surface area contributed by atoms with Crippen molar-refractivity contribution in [3.63, 3.8) is 0 Å². The number of hydrogen-bond acceptors (Lipinski definition) is 8. The third kappa shape index (κ3) is 3.76. The highest BCUT2D eigenvalue weighted by molar-refractivity contribution is 7.92. The molecule has 2 aromatic carbocycles. The van der Waals surface area contributed by atoms with Crippen molar-refractivity contribution in [1.82, 2.24) is 14.7 Å². The molecule has 2 heterocycles. The van der Waals surface area contributed by atoms with Gasteiger partial charge in [0.25, 0.3) is 10.0 Å². The molecular weight excluding hydrogens is 436 g/mol. The van der Waals surface area contributed by atoms with E-state index in [-0.39, 0.29) is 22.7 Å². The van der Waals surface area contributed by atoms with E-state index in [9.17, 15) is 13.2 Å². The topological polar surface area (TPSA) is 129 Å². The maximum atomic E-state index is 12.8. The van der Waals surface area contributed by atoms with Crippen molar-refractivity contribution in [2.24, 2.45) is 0 Å². The highest BCUT2D eigenvalue weighted by Crippen LogP contribution is 2.30. The summed E-state index contributed by atoms with van der Waals surface area (Å²) in [7, 11) is -2.60. The molecule has 0 aliphatic heterocycles. The summed E-state index contributed by atoms with van der Waals surface area (Å²) in [6, 6.07) is 8.63. The molecule has 4 aromatic rings. The first-order valence-corrected chi connectivity index (χ1v) is 10.4. The van der Waals surface area contributed by atoms with E-state index in [1.165, 1.54) is 35.9 Å². The van der Waals surface area contributed by atoms with Gasteiger partial charge in [0.15, 0.2) is 11.4 Å². The van der Waals surface area contributed by atoms with Gasteiger partial charge in [-0.15, -0.1) is 0 Å². The molecule has 0 amide bonds. The number of aromatic nitrogens is 3. The number of anilines is 1. The fourth-order valence-electron chi connectivity index (χ4n) is 2.87. The molecule has 0 radical (unpaired) electrons. The van der Waals surface area contributed by atoms with E-state index in [4.69, 9.17) is 25.3 Å². The summed E-state index contributed by atoms with van der Waals surface area (Å²) in [6.07, 6.45) is 0. The summed E-state index contributed by atoms with van der Waals surface area (Å²) >= 11 is 5.96. The lowest BCUT2D eigenvalue weighted by Gasteiger charge is -2.12. The van der Waals surface area contributed by atoms with E-state index in [0.717, 1.165) is 0 Å². The Morgan fingerprint density at radius 3 is 2.73 bits per heavy atom. The van der Waals surface area contributed by atoms with Gasteiger partial charge >= 0.3 is 5.76 Å². The van der Waals surface area contributed by atoms with Crippen LogP contribution in [-0.2, 0) is 16.6 Å². The molecule has 0 spiro atoms. The number of methoxy groups -OCH3 is 1. The second-order valence-corrected chi connectivity index (χ2v) is 8.38. The molecule has 1 N–H and O–H groups in total. The Morgan fingerprint density at radius 2 is 2.03 bits per heavy atom. The van der Waals surface area contributed by atoms with Gasteiger partial charge in [-0.1, -0.05) is 16.8 Å². The zero-order valence-corrected chi connectivity index (χ0v) is 17.3. The molecule has 0 bridgehead atoms. The standard InChI is InChI=1S/C18H15ClN4O6S/c1-10-20-17(21-29-10)9-23-14-5-4-12(8-16(14)28-18(23)24)30(25,26)22-13-7-11(19)3-6-15(13)27-2/h3-8,22H,9H2,1-2H3. The van der Waals surface area contributed by atoms with Gasteiger partial charge in [0.2, 0.25) is 5.89 Å². The molecule has 10 nitrogen and oxygen atoms in total. The predicted molar refractivity (Wildman–Crippen MR) is 107 cm³/mol. The maximum absolute atomic E-state index is 12.8. The van der Waals surface area contributed by atoms with Crippen LogP contribution in [0, 0.1) is 6.92 Å². The molecule has 0 aliphatic rings. The summed E-state index contributed by atoms with van der Waals surface area (Å²) in [4.78, 5) is 16.2. The molecule has 156 valence electrons. The van der Waals surface area contributed by atoms with Crippen molar-refractivity contribution < 1.29 is 22.1 Å². The number of ether oxygens (including phenoxy) is 1. The van der Waals surface area contributed by atoms with Crippen LogP contribution in [0.25, 0.3) is 11.1 Å². The van der Waals surface area contributed by atoms with Crippen molar-refractivity contribution in [2.45, 2.75) is 18.4 Å². The minimum absolute atomic E-state index is 0.0211. The third-order valence-corrected chi connectivity index (χ3v) is 5.82. The molecule has 0 saturated carbocycles. The lowest BCUT2D eigenvalue weighted by atomic mass is 10.3. The van der Waals surface area contributed by atoms with Crippen LogP contribution in [0.5, 0.6) is 5.75 Å². The second-order valence-electron chi connectivity index (χ2n) is 6.26. The Hall–Kier alpha value is -3.31. The van der Waals surface area contributed by atoms with E-state index in [0.29, 0.717) is 28.0 Å². The second kappa shape index (κ2) is 7.50. The fourth-order valence-corrected chi connectivity index (χ4v) is 4.12. The summed E-state index contributed by atoms with van der Waals surface area (Å²) in [6.45, 7) is 1.65. The monoisotopic (exact) mass is 450 g/mol. The number of fused-ring (bicyclic) bond motifs is 1. The van der Waals surface area contributed by atoms with Crippen LogP contribution in [0.15, 0.2) is 55.0 Å². The van der Waals surface area contributed by atoms with Gasteiger partial charge in [0.05, 0.1) is 29.8 Å². The number of halogens is 1. The van der Waals surface area contributed by atoms with Gasteiger partial charge in [-0.3, -0.25) is 9.29 Å². The van der Waals surface area contributed by atoms with Gasteiger partial charge in [0, 0.05) is 18.0 Å². The molecule has 30 heavy (non-hydrogen) atoms. The Bertz CT molecular complexity index is 1410. The van der Waals surface area contributed by atoms with Crippen molar-refractivity contribution in [3.05, 3.63) is 63.7 Å². The van der Waals surface area contributed by atoms with Crippen molar-refractivity contribution in [3.8, 4) is 5.75 Å². The van der Waals surface area contributed by atoms with E-state index in [1.54, 1.807) is 19.1 Å². The smallest absolute Gasteiger partial charge is 0.420 e.